The summed E-state index contributed by atoms with van der Waals surface area (Å²) in [6, 6.07) is 10.9. The summed E-state index contributed by atoms with van der Waals surface area (Å²) in [4.78, 5) is 20.7. The number of carbonyl (C=O) groups excluding carboxylic acids is 1. The molecule has 0 atom stereocenters. The monoisotopic (exact) mass is 362 g/mol. The van der Waals surface area contributed by atoms with Crippen LogP contribution in [0.1, 0.15) is 41.2 Å². The molecule has 0 aliphatic rings. The van der Waals surface area contributed by atoms with Crippen molar-refractivity contribution in [2.75, 3.05) is 10.6 Å². The smallest absolute Gasteiger partial charge is 0.255 e. The Morgan fingerprint density at radius 3 is 2.30 bits per heavy atom. The zero-order valence-electron chi connectivity index (χ0n) is 15.4. The molecule has 0 aliphatic carbocycles. The summed E-state index contributed by atoms with van der Waals surface area (Å²) < 4.78 is 0. The average Bonchev–Trinajstić information content (AvgIpc) is 2.73. The van der Waals surface area contributed by atoms with Gasteiger partial charge in [-0.15, -0.1) is 5.10 Å². The maximum absolute atomic E-state index is 12.3. The third-order valence-electron chi connectivity index (χ3n) is 4.11. The van der Waals surface area contributed by atoms with E-state index < -0.39 is 0 Å². The van der Waals surface area contributed by atoms with E-state index in [0.717, 1.165) is 29.8 Å². The van der Waals surface area contributed by atoms with Crippen molar-refractivity contribution < 1.29 is 4.79 Å². The molecule has 0 bridgehead atoms. The van der Waals surface area contributed by atoms with Gasteiger partial charge in [-0.25, -0.2) is 4.98 Å². The Hall–Kier alpha value is -3.35. The minimum atomic E-state index is -0.156. The number of aryl methyl sites for hydroxylation is 2. The summed E-state index contributed by atoms with van der Waals surface area (Å²) in [6.45, 7) is 4.66. The predicted molar refractivity (Wildman–Crippen MR) is 105 cm³/mol. The quantitative estimate of drug-likeness (QED) is 0.670. The molecule has 1 aromatic carbocycles. The summed E-state index contributed by atoms with van der Waals surface area (Å²) in [5, 5.41) is 14.4. The van der Waals surface area contributed by atoms with Crippen LogP contribution in [-0.4, -0.2) is 26.1 Å². The van der Waals surface area contributed by atoms with E-state index in [1.807, 2.05) is 19.1 Å². The van der Waals surface area contributed by atoms with Gasteiger partial charge in [0.25, 0.3) is 5.91 Å². The largest absolute Gasteiger partial charge is 0.349 e. The number of anilines is 2. The Labute approximate surface area is 158 Å². The van der Waals surface area contributed by atoms with Crippen LogP contribution < -0.4 is 10.6 Å². The zero-order valence-corrected chi connectivity index (χ0v) is 15.4. The minimum Gasteiger partial charge on any atom is -0.349 e. The topological polar surface area (TPSA) is 92.7 Å². The van der Waals surface area contributed by atoms with Gasteiger partial charge in [-0.2, -0.15) is 5.10 Å². The van der Waals surface area contributed by atoms with Crippen LogP contribution in [0.3, 0.4) is 0 Å². The first-order chi connectivity index (χ1) is 13.2. The molecule has 0 radical (unpaired) electrons. The standard InChI is InChI=1S/C20H22N6O/c1-3-17-18(4-2)25-26-20(24-17)22-13-14-5-7-15(8-6-14)19(27)23-16-9-11-21-12-10-16/h5-12H,3-4,13H2,1-2H3,(H,21,23,27)(H,22,24,26). The second kappa shape index (κ2) is 8.84. The number of hydrogen-bond acceptors (Lipinski definition) is 6. The third-order valence-corrected chi connectivity index (χ3v) is 4.11. The van der Waals surface area contributed by atoms with E-state index in [2.05, 4.69) is 37.7 Å². The van der Waals surface area contributed by atoms with Crippen LogP contribution in [0.25, 0.3) is 0 Å². The van der Waals surface area contributed by atoms with E-state index in [4.69, 9.17) is 0 Å². The molecular formula is C20H22N6O. The molecule has 3 rings (SSSR count). The van der Waals surface area contributed by atoms with Gasteiger partial charge >= 0.3 is 0 Å². The Bertz CT molecular complexity index is 896. The molecule has 2 aromatic heterocycles. The van der Waals surface area contributed by atoms with Crippen LogP contribution in [0, 0.1) is 0 Å². The lowest BCUT2D eigenvalue weighted by Gasteiger charge is -2.09. The molecule has 3 aromatic rings. The van der Waals surface area contributed by atoms with Crippen molar-refractivity contribution in [3.63, 3.8) is 0 Å². The average molecular weight is 362 g/mol. The molecule has 2 N–H and O–H groups in total. The molecule has 0 saturated carbocycles. The number of hydrogen-bond donors (Lipinski definition) is 2. The maximum Gasteiger partial charge on any atom is 0.255 e. The van der Waals surface area contributed by atoms with E-state index >= 15 is 0 Å². The number of rotatable bonds is 7. The van der Waals surface area contributed by atoms with Crippen molar-refractivity contribution in [3.05, 3.63) is 71.3 Å². The molecule has 1 amide bonds. The third kappa shape index (κ3) is 4.84. The highest BCUT2D eigenvalue weighted by molar-refractivity contribution is 6.04. The number of pyridine rings is 1. The van der Waals surface area contributed by atoms with Gasteiger partial charge in [-0.1, -0.05) is 26.0 Å². The number of nitrogens with one attached hydrogen (secondary N) is 2. The first kappa shape index (κ1) is 18.4. The molecule has 27 heavy (non-hydrogen) atoms. The van der Waals surface area contributed by atoms with E-state index in [0.29, 0.717) is 23.7 Å². The molecule has 0 spiro atoms. The van der Waals surface area contributed by atoms with Gasteiger partial charge in [0.05, 0.1) is 11.4 Å². The van der Waals surface area contributed by atoms with Crippen molar-refractivity contribution in [1.82, 2.24) is 20.2 Å². The summed E-state index contributed by atoms with van der Waals surface area (Å²) in [7, 11) is 0. The normalized spacial score (nSPS) is 10.4. The molecule has 138 valence electrons. The zero-order chi connectivity index (χ0) is 19.1. The second-order valence-corrected chi connectivity index (χ2v) is 5.98. The van der Waals surface area contributed by atoms with Crippen LogP contribution in [-0.2, 0) is 19.4 Å². The first-order valence-corrected chi connectivity index (χ1v) is 8.96. The SMILES string of the molecule is CCc1nnc(NCc2ccc(C(=O)Nc3ccncc3)cc2)nc1CC. The van der Waals surface area contributed by atoms with Gasteiger partial charge < -0.3 is 10.6 Å². The van der Waals surface area contributed by atoms with Crippen LogP contribution in [0.5, 0.6) is 0 Å². The Morgan fingerprint density at radius 1 is 0.926 bits per heavy atom. The highest BCUT2D eigenvalue weighted by Crippen LogP contribution is 2.11. The van der Waals surface area contributed by atoms with E-state index in [-0.39, 0.29) is 5.91 Å². The van der Waals surface area contributed by atoms with E-state index in [9.17, 15) is 4.79 Å². The van der Waals surface area contributed by atoms with Crippen molar-refractivity contribution in [2.45, 2.75) is 33.2 Å². The van der Waals surface area contributed by atoms with Gasteiger partial charge in [0.1, 0.15) is 0 Å². The van der Waals surface area contributed by atoms with Crippen molar-refractivity contribution >= 4 is 17.5 Å². The number of benzene rings is 1. The van der Waals surface area contributed by atoms with Crippen LogP contribution in [0.2, 0.25) is 0 Å². The fraction of sp³-hybridized carbons (Fsp3) is 0.250. The molecular weight excluding hydrogens is 340 g/mol. The predicted octanol–water partition coefficient (Wildman–Crippen LogP) is 3.26. The number of amides is 1. The van der Waals surface area contributed by atoms with Gasteiger partial charge in [0.2, 0.25) is 5.95 Å². The summed E-state index contributed by atoms with van der Waals surface area (Å²) in [5.41, 5.74) is 4.24. The fourth-order valence-corrected chi connectivity index (χ4v) is 2.61. The molecule has 0 aliphatic heterocycles. The minimum absolute atomic E-state index is 0.156. The first-order valence-electron chi connectivity index (χ1n) is 8.96. The Morgan fingerprint density at radius 2 is 1.63 bits per heavy atom. The van der Waals surface area contributed by atoms with Crippen molar-refractivity contribution in [2.24, 2.45) is 0 Å². The highest BCUT2D eigenvalue weighted by atomic mass is 16.1. The summed E-state index contributed by atoms with van der Waals surface area (Å²) in [6.07, 6.45) is 4.93. The van der Waals surface area contributed by atoms with Crippen molar-refractivity contribution in [3.8, 4) is 0 Å². The second-order valence-electron chi connectivity index (χ2n) is 5.98. The van der Waals surface area contributed by atoms with E-state index in [1.165, 1.54) is 0 Å². The van der Waals surface area contributed by atoms with Gasteiger partial charge in [-0.3, -0.25) is 9.78 Å². The summed E-state index contributed by atoms with van der Waals surface area (Å²) >= 11 is 0. The molecule has 0 fully saturated rings. The van der Waals surface area contributed by atoms with Crippen LogP contribution in [0.4, 0.5) is 11.6 Å². The lowest BCUT2D eigenvalue weighted by molar-refractivity contribution is 0.102. The summed E-state index contributed by atoms with van der Waals surface area (Å²) in [5.74, 6) is 0.361. The lowest BCUT2D eigenvalue weighted by atomic mass is 10.1. The van der Waals surface area contributed by atoms with Gasteiger partial charge in [0.15, 0.2) is 0 Å². The van der Waals surface area contributed by atoms with Crippen LogP contribution in [0.15, 0.2) is 48.8 Å². The molecule has 0 unspecified atom stereocenters. The van der Waals surface area contributed by atoms with Crippen molar-refractivity contribution in [1.29, 1.82) is 0 Å². The molecule has 0 saturated heterocycles. The Balaban J connectivity index is 1.60. The molecule has 7 nitrogen and oxygen atoms in total. The molecule has 2 heterocycles. The maximum atomic E-state index is 12.3. The number of aromatic nitrogens is 4. The van der Waals surface area contributed by atoms with E-state index in [1.54, 1.807) is 36.7 Å². The van der Waals surface area contributed by atoms with Gasteiger partial charge in [-0.05, 0) is 42.7 Å². The fourth-order valence-electron chi connectivity index (χ4n) is 2.61. The number of carbonyl (C=O) groups is 1. The highest BCUT2D eigenvalue weighted by Gasteiger charge is 2.08. The Kier molecular flexibility index (Phi) is 6.04. The molecule has 7 heteroatoms. The van der Waals surface area contributed by atoms with Gasteiger partial charge in [0, 0.05) is 30.2 Å². The van der Waals surface area contributed by atoms with Crippen LogP contribution >= 0.6 is 0 Å². The number of nitrogens with zero attached hydrogens (tertiary/aromatic N) is 4. The lowest BCUT2D eigenvalue weighted by Crippen LogP contribution is -2.12.